The second-order valence-electron chi connectivity index (χ2n) is 4.33. The van der Waals surface area contributed by atoms with Crippen LogP contribution in [0.5, 0.6) is 0 Å². The van der Waals surface area contributed by atoms with Crippen LogP contribution in [-0.2, 0) is 0 Å². The number of anilines is 1. The van der Waals surface area contributed by atoms with E-state index in [1.165, 1.54) is 12.1 Å². The van der Waals surface area contributed by atoms with Crippen molar-refractivity contribution in [3.8, 4) is 0 Å². The summed E-state index contributed by atoms with van der Waals surface area (Å²) in [4.78, 5) is 12.4. The Labute approximate surface area is 94.5 Å². The first kappa shape index (κ1) is 12.6. The Balaban J connectivity index is 3.27. The zero-order valence-electron chi connectivity index (χ0n) is 9.70. The van der Waals surface area contributed by atoms with Crippen molar-refractivity contribution in [1.29, 1.82) is 0 Å². The second-order valence-corrected chi connectivity index (χ2v) is 4.33. The number of aldehydes is 1. The molecule has 1 N–H and O–H groups in total. The van der Waals surface area contributed by atoms with Crippen molar-refractivity contribution < 1.29 is 14.3 Å². The Kier molecular flexibility index (Phi) is 3.65. The molecular weight excluding hydrogens is 209 g/mol. The smallest absolute Gasteiger partial charge is 0.152 e. The van der Waals surface area contributed by atoms with Gasteiger partial charge in [-0.1, -0.05) is 6.07 Å². The number of hydrogen-bond acceptors (Lipinski definition) is 3. The fourth-order valence-electron chi connectivity index (χ4n) is 1.39. The van der Waals surface area contributed by atoms with Gasteiger partial charge in [0, 0.05) is 12.6 Å². The molecule has 0 heterocycles. The van der Waals surface area contributed by atoms with Gasteiger partial charge in [-0.25, -0.2) is 4.39 Å². The van der Waals surface area contributed by atoms with E-state index in [1.807, 2.05) is 0 Å². The molecule has 0 aliphatic heterocycles. The molecule has 0 saturated carbocycles. The monoisotopic (exact) mass is 225 g/mol. The first-order chi connectivity index (χ1) is 7.44. The number of carbonyl (C=O) groups excluding carboxylic acids is 1. The van der Waals surface area contributed by atoms with E-state index < -0.39 is 11.4 Å². The average Bonchev–Trinajstić information content (AvgIpc) is 2.27. The number of para-hydroxylation sites is 1. The summed E-state index contributed by atoms with van der Waals surface area (Å²) in [6.07, 6.45) is 0.613. The van der Waals surface area contributed by atoms with Crippen LogP contribution in [0, 0.1) is 5.82 Å². The highest BCUT2D eigenvalue weighted by Crippen LogP contribution is 2.27. The molecule has 1 aromatic carbocycles. The molecule has 1 aromatic rings. The molecule has 0 spiro atoms. The van der Waals surface area contributed by atoms with Crippen molar-refractivity contribution in [3.05, 3.63) is 29.6 Å². The first-order valence-electron chi connectivity index (χ1n) is 5.02. The molecule has 4 heteroatoms. The largest absolute Gasteiger partial charge is 0.394 e. The summed E-state index contributed by atoms with van der Waals surface area (Å²) in [6, 6.07) is 4.34. The van der Waals surface area contributed by atoms with Crippen LogP contribution in [0.4, 0.5) is 10.1 Å². The first-order valence-corrected chi connectivity index (χ1v) is 5.02. The third kappa shape index (κ3) is 2.22. The topological polar surface area (TPSA) is 40.5 Å². The molecule has 3 nitrogen and oxygen atoms in total. The zero-order valence-corrected chi connectivity index (χ0v) is 9.70. The van der Waals surface area contributed by atoms with E-state index in [9.17, 15) is 14.3 Å². The lowest BCUT2D eigenvalue weighted by Crippen LogP contribution is -2.45. The maximum absolute atomic E-state index is 13.7. The van der Waals surface area contributed by atoms with E-state index in [4.69, 9.17) is 0 Å². The van der Waals surface area contributed by atoms with E-state index >= 15 is 0 Å². The molecule has 16 heavy (non-hydrogen) atoms. The molecule has 1 rings (SSSR count). The fraction of sp³-hybridized carbons (Fsp3) is 0.417. The number of hydrogen-bond donors (Lipinski definition) is 1. The number of carbonyl (C=O) groups is 1. The van der Waals surface area contributed by atoms with Gasteiger partial charge in [-0.15, -0.1) is 0 Å². The SMILES string of the molecule is CN(c1c(F)cccc1C=O)C(C)(C)CO. The molecule has 0 fully saturated rings. The average molecular weight is 225 g/mol. The van der Waals surface area contributed by atoms with Gasteiger partial charge in [0.1, 0.15) is 5.82 Å². The summed E-state index contributed by atoms with van der Waals surface area (Å²) in [5.41, 5.74) is -0.125. The minimum Gasteiger partial charge on any atom is -0.394 e. The molecule has 88 valence electrons. The molecule has 0 saturated heterocycles. The molecule has 0 aliphatic rings. The van der Waals surface area contributed by atoms with E-state index in [2.05, 4.69) is 0 Å². The fourth-order valence-corrected chi connectivity index (χ4v) is 1.39. The number of benzene rings is 1. The Hall–Kier alpha value is -1.42. The maximum Gasteiger partial charge on any atom is 0.152 e. The van der Waals surface area contributed by atoms with Gasteiger partial charge >= 0.3 is 0 Å². The minimum atomic E-state index is -0.625. The predicted molar refractivity (Wildman–Crippen MR) is 61.4 cm³/mol. The van der Waals surface area contributed by atoms with Crippen molar-refractivity contribution in [1.82, 2.24) is 0 Å². The van der Waals surface area contributed by atoms with Gasteiger partial charge in [0.05, 0.1) is 17.8 Å². The number of halogens is 1. The zero-order chi connectivity index (χ0) is 12.3. The van der Waals surface area contributed by atoms with Crippen LogP contribution in [0.15, 0.2) is 18.2 Å². The van der Waals surface area contributed by atoms with E-state index in [0.29, 0.717) is 6.29 Å². The number of nitrogens with zero attached hydrogens (tertiary/aromatic N) is 1. The maximum atomic E-state index is 13.7. The Morgan fingerprint density at radius 1 is 1.50 bits per heavy atom. The number of likely N-dealkylation sites (N-methyl/N-ethyl adjacent to an activating group) is 1. The van der Waals surface area contributed by atoms with Gasteiger partial charge in [-0.05, 0) is 26.0 Å². The lowest BCUT2D eigenvalue weighted by Gasteiger charge is -2.36. The third-order valence-corrected chi connectivity index (χ3v) is 2.78. The number of rotatable bonds is 4. The van der Waals surface area contributed by atoms with Crippen LogP contribution < -0.4 is 4.90 Å². The van der Waals surface area contributed by atoms with Crippen LogP contribution in [0.2, 0.25) is 0 Å². The quantitative estimate of drug-likeness (QED) is 0.795. The van der Waals surface area contributed by atoms with Crippen LogP contribution in [0.1, 0.15) is 24.2 Å². The highest BCUT2D eigenvalue weighted by atomic mass is 19.1. The molecular formula is C12H16FNO2. The molecule has 0 aliphatic carbocycles. The van der Waals surface area contributed by atoms with Crippen molar-refractivity contribution in [2.45, 2.75) is 19.4 Å². The normalized spacial score (nSPS) is 11.3. The van der Waals surface area contributed by atoms with Gasteiger partial charge in [-0.3, -0.25) is 4.79 Å². The Bertz CT molecular complexity index is 391. The van der Waals surface area contributed by atoms with Crippen LogP contribution >= 0.6 is 0 Å². The molecule has 0 bridgehead atoms. The van der Waals surface area contributed by atoms with E-state index in [-0.39, 0.29) is 17.9 Å². The molecule has 0 radical (unpaired) electrons. The summed E-state index contributed by atoms with van der Waals surface area (Å²) in [5, 5.41) is 9.23. The summed E-state index contributed by atoms with van der Waals surface area (Å²) in [7, 11) is 1.65. The summed E-state index contributed by atoms with van der Waals surface area (Å²) >= 11 is 0. The van der Waals surface area contributed by atoms with Gasteiger partial charge in [0.2, 0.25) is 0 Å². The highest BCUT2D eigenvalue weighted by Gasteiger charge is 2.26. The lowest BCUT2D eigenvalue weighted by molar-refractivity contribution is 0.112. The van der Waals surface area contributed by atoms with Gasteiger partial charge in [0.25, 0.3) is 0 Å². The number of aliphatic hydroxyl groups excluding tert-OH is 1. The minimum absolute atomic E-state index is 0.129. The molecule has 0 unspecified atom stereocenters. The van der Waals surface area contributed by atoms with Gasteiger partial charge < -0.3 is 10.0 Å². The highest BCUT2D eigenvalue weighted by molar-refractivity contribution is 5.85. The van der Waals surface area contributed by atoms with Crippen molar-refractivity contribution in [3.63, 3.8) is 0 Å². The van der Waals surface area contributed by atoms with E-state index in [0.717, 1.165) is 0 Å². The van der Waals surface area contributed by atoms with Crippen LogP contribution in [0.3, 0.4) is 0 Å². The van der Waals surface area contributed by atoms with Gasteiger partial charge in [0.15, 0.2) is 6.29 Å². The Morgan fingerprint density at radius 3 is 2.62 bits per heavy atom. The lowest BCUT2D eigenvalue weighted by atomic mass is 10.0. The predicted octanol–water partition coefficient (Wildman–Crippen LogP) is 1.85. The number of aliphatic hydroxyl groups is 1. The van der Waals surface area contributed by atoms with Crippen molar-refractivity contribution in [2.75, 3.05) is 18.6 Å². The third-order valence-electron chi connectivity index (χ3n) is 2.78. The van der Waals surface area contributed by atoms with Crippen molar-refractivity contribution >= 4 is 12.0 Å². The molecule has 0 atom stereocenters. The summed E-state index contributed by atoms with van der Waals surface area (Å²) in [5.74, 6) is -0.464. The summed E-state index contributed by atoms with van der Waals surface area (Å²) < 4.78 is 13.7. The van der Waals surface area contributed by atoms with E-state index in [1.54, 1.807) is 31.9 Å². The van der Waals surface area contributed by atoms with Gasteiger partial charge in [-0.2, -0.15) is 0 Å². The van der Waals surface area contributed by atoms with Crippen molar-refractivity contribution in [2.24, 2.45) is 0 Å². The Morgan fingerprint density at radius 2 is 2.12 bits per heavy atom. The summed E-state index contributed by atoms with van der Waals surface area (Å²) in [6.45, 7) is 3.41. The van der Waals surface area contributed by atoms with Crippen LogP contribution in [-0.4, -0.2) is 30.6 Å². The van der Waals surface area contributed by atoms with Crippen LogP contribution in [0.25, 0.3) is 0 Å². The molecule has 0 aromatic heterocycles. The molecule has 0 amide bonds. The standard InChI is InChI=1S/C12H16FNO2/c1-12(2,8-16)14(3)11-9(7-15)5-4-6-10(11)13/h4-7,16H,8H2,1-3H3. The second kappa shape index (κ2) is 4.61.